The number of rotatable bonds is 2. The van der Waals surface area contributed by atoms with E-state index in [4.69, 9.17) is 0 Å². The van der Waals surface area contributed by atoms with Crippen molar-refractivity contribution in [2.45, 2.75) is 50.9 Å². The molecule has 2 aliphatic rings. The number of hydrogen-bond acceptors (Lipinski definition) is 3. The predicted molar refractivity (Wildman–Crippen MR) is 76.4 cm³/mol. The number of amides is 2. The highest BCUT2D eigenvalue weighted by atomic mass is 32.1. The molecule has 22 heavy (non-hydrogen) atoms. The first-order valence-corrected chi connectivity index (χ1v) is 8.39. The summed E-state index contributed by atoms with van der Waals surface area (Å²) in [5.74, 6) is 0.594. The molecule has 0 aromatic carbocycles. The lowest BCUT2D eigenvalue weighted by Gasteiger charge is -2.37. The van der Waals surface area contributed by atoms with Crippen molar-refractivity contribution in [2.75, 3.05) is 6.54 Å². The molecule has 1 aliphatic heterocycles. The number of aromatic nitrogens is 1. The third-order valence-corrected chi connectivity index (χ3v) is 5.34. The normalized spacial score (nSPS) is 25.1. The highest BCUT2D eigenvalue weighted by Crippen LogP contribution is 2.36. The van der Waals surface area contributed by atoms with E-state index in [0.717, 1.165) is 42.5 Å². The molecule has 8 heteroatoms. The number of thiazole rings is 1. The van der Waals surface area contributed by atoms with Gasteiger partial charge in [-0.25, -0.2) is 9.78 Å². The van der Waals surface area contributed by atoms with Crippen molar-refractivity contribution >= 4 is 17.4 Å². The lowest BCUT2D eigenvalue weighted by molar-refractivity contribution is -0.140. The minimum atomic E-state index is -4.43. The molecule has 1 saturated heterocycles. The van der Waals surface area contributed by atoms with Gasteiger partial charge in [0.05, 0.1) is 6.54 Å². The Labute approximate surface area is 130 Å². The molecule has 0 spiro atoms. The van der Waals surface area contributed by atoms with Crippen LogP contribution in [0, 0.1) is 5.92 Å². The zero-order valence-electron chi connectivity index (χ0n) is 12.0. The van der Waals surface area contributed by atoms with Crippen LogP contribution in [0.3, 0.4) is 0 Å². The van der Waals surface area contributed by atoms with Crippen molar-refractivity contribution in [3.63, 3.8) is 0 Å². The summed E-state index contributed by atoms with van der Waals surface area (Å²) < 4.78 is 37.5. The maximum Gasteiger partial charge on any atom is 0.434 e. The molecular weight excluding hydrogens is 315 g/mol. The number of carbonyl (C=O) groups excluding carboxylic acids is 1. The number of urea groups is 1. The van der Waals surface area contributed by atoms with Gasteiger partial charge < -0.3 is 10.2 Å². The van der Waals surface area contributed by atoms with Crippen LogP contribution in [0.4, 0.5) is 18.0 Å². The summed E-state index contributed by atoms with van der Waals surface area (Å²) in [4.78, 5) is 17.7. The smallest absolute Gasteiger partial charge is 0.331 e. The van der Waals surface area contributed by atoms with Gasteiger partial charge in [-0.3, -0.25) is 0 Å². The van der Waals surface area contributed by atoms with E-state index >= 15 is 0 Å². The number of likely N-dealkylation sites (tertiary alicyclic amines) is 1. The number of piperidine rings is 1. The zero-order valence-corrected chi connectivity index (χ0v) is 12.8. The van der Waals surface area contributed by atoms with Gasteiger partial charge in [-0.2, -0.15) is 13.2 Å². The second kappa shape index (κ2) is 6.06. The highest BCUT2D eigenvalue weighted by Gasteiger charge is 2.37. The minimum absolute atomic E-state index is 0.0491. The molecular formula is C14H18F3N3OS. The van der Waals surface area contributed by atoms with Gasteiger partial charge in [0, 0.05) is 18.0 Å². The van der Waals surface area contributed by atoms with E-state index in [1.807, 2.05) is 4.90 Å². The molecule has 2 heterocycles. The van der Waals surface area contributed by atoms with Crippen molar-refractivity contribution in [1.29, 1.82) is 0 Å². The fourth-order valence-electron chi connectivity index (χ4n) is 3.48. The van der Waals surface area contributed by atoms with Crippen molar-refractivity contribution in [1.82, 2.24) is 15.2 Å². The second-order valence-electron chi connectivity index (χ2n) is 5.88. The van der Waals surface area contributed by atoms with E-state index in [1.165, 1.54) is 12.8 Å². The molecule has 0 bridgehead atoms. The van der Waals surface area contributed by atoms with Crippen LogP contribution in [-0.4, -0.2) is 28.5 Å². The van der Waals surface area contributed by atoms with Gasteiger partial charge in [-0.15, -0.1) is 11.3 Å². The lowest BCUT2D eigenvalue weighted by Crippen LogP contribution is -2.50. The third-order valence-electron chi connectivity index (χ3n) is 4.49. The fourth-order valence-corrected chi connectivity index (χ4v) is 4.22. The Kier molecular flexibility index (Phi) is 4.29. The number of alkyl halides is 3. The molecule has 122 valence electrons. The first-order chi connectivity index (χ1) is 10.4. The van der Waals surface area contributed by atoms with Crippen LogP contribution >= 0.6 is 11.3 Å². The van der Waals surface area contributed by atoms with E-state index < -0.39 is 11.9 Å². The standard InChI is InChI=1S/C14H18F3N3OS/c15-14(16,17)11-8-22-12(19-11)7-18-13(21)20-6-2-4-9-3-1-5-10(9)20/h8-10H,1-7H2,(H,18,21). The van der Waals surface area contributed by atoms with Crippen molar-refractivity contribution in [3.8, 4) is 0 Å². The maximum atomic E-state index is 12.5. The van der Waals surface area contributed by atoms with Crippen molar-refractivity contribution in [3.05, 3.63) is 16.1 Å². The average Bonchev–Trinajstić information content (AvgIpc) is 3.12. The second-order valence-corrected chi connectivity index (χ2v) is 6.82. The number of halogens is 3. The summed E-state index contributed by atoms with van der Waals surface area (Å²) in [5, 5.41) is 3.97. The summed E-state index contributed by atoms with van der Waals surface area (Å²) in [6, 6.07) is 0.121. The Morgan fingerprint density at radius 3 is 2.86 bits per heavy atom. The number of fused-ring (bicyclic) bond motifs is 1. The van der Waals surface area contributed by atoms with E-state index in [-0.39, 0.29) is 17.6 Å². The minimum Gasteiger partial charge on any atom is -0.331 e. The Morgan fingerprint density at radius 2 is 2.14 bits per heavy atom. The van der Waals surface area contributed by atoms with E-state index in [1.54, 1.807) is 0 Å². The summed E-state index contributed by atoms with van der Waals surface area (Å²) in [6.45, 7) is 0.784. The molecule has 4 nitrogen and oxygen atoms in total. The van der Waals surface area contributed by atoms with Crippen LogP contribution in [0.5, 0.6) is 0 Å². The molecule has 1 saturated carbocycles. The van der Waals surface area contributed by atoms with Crippen molar-refractivity contribution in [2.24, 2.45) is 5.92 Å². The number of nitrogens with zero attached hydrogens (tertiary/aromatic N) is 2. The molecule has 1 aliphatic carbocycles. The third kappa shape index (κ3) is 3.21. The van der Waals surface area contributed by atoms with Crippen LogP contribution in [0.1, 0.15) is 42.8 Å². The number of carbonyl (C=O) groups is 1. The van der Waals surface area contributed by atoms with Crippen LogP contribution < -0.4 is 5.32 Å². The summed E-state index contributed by atoms with van der Waals surface area (Å²) in [5.41, 5.74) is -0.893. The quantitative estimate of drug-likeness (QED) is 0.898. The maximum absolute atomic E-state index is 12.5. The van der Waals surface area contributed by atoms with E-state index in [9.17, 15) is 18.0 Å². The zero-order chi connectivity index (χ0) is 15.7. The monoisotopic (exact) mass is 333 g/mol. The highest BCUT2D eigenvalue weighted by molar-refractivity contribution is 7.09. The van der Waals surface area contributed by atoms with Gasteiger partial charge in [0.2, 0.25) is 0 Å². The van der Waals surface area contributed by atoms with Crippen LogP contribution in [-0.2, 0) is 12.7 Å². The molecule has 0 radical (unpaired) electrons. The molecule has 2 atom stereocenters. The van der Waals surface area contributed by atoms with Crippen LogP contribution in [0.2, 0.25) is 0 Å². The molecule has 3 rings (SSSR count). The van der Waals surface area contributed by atoms with Crippen LogP contribution in [0.15, 0.2) is 5.38 Å². The van der Waals surface area contributed by atoms with Gasteiger partial charge in [-0.05, 0) is 31.6 Å². The van der Waals surface area contributed by atoms with Crippen LogP contribution in [0.25, 0.3) is 0 Å². The van der Waals surface area contributed by atoms with Gasteiger partial charge in [-0.1, -0.05) is 6.42 Å². The molecule has 2 unspecified atom stereocenters. The Bertz CT molecular complexity index is 546. The first kappa shape index (κ1) is 15.6. The Morgan fingerprint density at radius 1 is 1.36 bits per heavy atom. The number of hydrogen-bond donors (Lipinski definition) is 1. The van der Waals surface area contributed by atoms with E-state index in [0.29, 0.717) is 12.0 Å². The average molecular weight is 333 g/mol. The van der Waals surface area contributed by atoms with Gasteiger partial charge in [0.25, 0.3) is 0 Å². The van der Waals surface area contributed by atoms with Crippen molar-refractivity contribution < 1.29 is 18.0 Å². The fraction of sp³-hybridized carbons (Fsp3) is 0.714. The van der Waals surface area contributed by atoms with Gasteiger partial charge in [0.15, 0.2) is 5.69 Å². The Balaban J connectivity index is 1.57. The van der Waals surface area contributed by atoms with Gasteiger partial charge in [0.1, 0.15) is 5.01 Å². The molecule has 1 N–H and O–H groups in total. The Hall–Kier alpha value is -1.31. The summed E-state index contributed by atoms with van der Waals surface area (Å²) in [7, 11) is 0. The van der Waals surface area contributed by atoms with Gasteiger partial charge >= 0.3 is 12.2 Å². The number of nitrogens with one attached hydrogen (secondary N) is 1. The predicted octanol–water partition coefficient (Wildman–Crippen LogP) is 3.64. The SMILES string of the molecule is O=C(NCc1nc(C(F)(F)F)cs1)N1CCCC2CCCC21. The molecule has 1 aromatic heterocycles. The largest absolute Gasteiger partial charge is 0.434 e. The molecule has 1 aromatic rings. The molecule has 2 fully saturated rings. The lowest BCUT2D eigenvalue weighted by atomic mass is 9.92. The topological polar surface area (TPSA) is 45.2 Å². The van der Waals surface area contributed by atoms with E-state index in [2.05, 4.69) is 10.3 Å². The first-order valence-electron chi connectivity index (χ1n) is 7.51. The summed E-state index contributed by atoms with van der Waals surface area (Å²) >= 11 is 0.920. The summed E-state index contributed by atoms with van der Waals surface area (Å²) in [6.07, 6.45) is 1.12. The molecule has 2 amide bonds.